The van der Waals surface area contributed by atoms with Crippen LogP contribution < -0.4 is 5.32 Å². The first kappa shape index (κ1) is 46.6. The van der Waals surface area contributed by atoms with Gasteiger partial charge < -0.3 is 20.6 Å². The molecule has 3 unspecified atom stereocenters. The lowest BCUT2D eigenvalue weighted by Gasteiger charge is -2.21. The Kier molecular flexibility index (Phi) is 37.2. The van der Waals surface area contributed by atoms with Crippen molar-refractivity contribution in [2.45, 2.75) is 225 Å². The molecular formula is C43H81NO4. The van der Waals surface area contributed by atoms with Crippen LogP contribution in [0, 0.1) is 0 Å². The van der Waals surface area contributed by atoms with Crippen molar-refractivity contribution in [2.75, 3.05) is 6.61 Å². The first-order valence-electron chi connectivity index (χ1n) is 20.8. The van der Waals surface area contributed by atoms with Crippen LogP contribution >= 0.6 is 0 Å². The van der Waals surface area contributed by atoms with E-state index >= 15 is 0 Å². The molecule has 3 atom stereocenters. The van der Waals surface area contributed by atoms with Crippen LogP contribution in [-0.2, 0) is 4.79 Å². The molecule has 282 valence electrons. The number of aliphatic hydroxyl groups is 3. The van der Waals surface area contributed by atoms with E-state index in [0.717, 1.165) is 38.5 Å². The molecule has 5 heteroatoms. The average Bonchev–Trinajstić information content (AvgIpc) is 3.08. The zero-order chi connectivity index (χ0) is 35.2. The minimum atomic E-state index is -0.957. The maximum absolute atomic E-state index is 12.4. The highest BCUT2D eigenvalue weighted by molar-refractivity contribution is 5.76. The normalized spacial score (nSPS) is 14.0. The van der Waals surface area contributed by atoms with Crippen LogP contribution in [0.5, 0.6) is 0 Å². The van der Waals surface area contributed by atoms with Crippen LogP contribution in [0.1, 0.15) is 206 Å². The Labute approximate surface area is 298 Å². The van der Waals surface area contributed by atoms with Gasteiger partial charge in [0.15, 0.2) is 0 Å². The fraction of sp³-hybridized carbons (Fsp3) is 0.837. The maximum Gasteiger partial charge on any atom is 0.222 e. The molecule has 0 fully saturated rings. The monoisotopic (exact) mass is 676 g/mol. The van der Waals surface area contributed by atoms with E-state index in [1.165, 1.54) is 141 Å². The molecule has 0 spiro atoms. The number of unbranched alkanes of at least 4 members (excludes halogenated alkanes) is 24. The first-order valence-corrected chi connectivity index (χ1v) is 20.8. The molecule has 0 heterocycles. The van der Waals surface area contributed by atoms with E-state index in [2.05, 4.69) is 43.5 Å². The Morgan fingerprint density at radius 3 is 1.33 bits per heavy atom. The van der Waals surface area contributed by atoms with Gasteiger partial charge in [-0.05, 0) is 44.9 Å². The molecular weight excluding hydrogens is 594 g/mol. The molecule has 0 aromatic carbocycles. The molecule has 0 aliphatic rings. The average molecular weight is 676 g/mol. The van der Waals surface area contributed by atoms with Crippen LogP contribution in [0.25, 0.3) is 0 Å². The van der Waals surface area contributed by atoms with Gasteiger partial charge in [-0.1, -0.05) is 192 Å². The van der Waals surface area contributed by atoms with Gasteiger partial charge in [0, 0.05) is 0 Å². The first-order chi connectivity index (χ1) is 23.5. The van der Waals surface area contributed by atoms with Crippen LogP contribution in [0.3, 0.4) is 0 Å². The highest BCUT2D eigenvalue weighted by Crippen LogP contribution is 2.15. The van der Waals surface area contributed by atoms with Gasteiger partial charge in [-0.15, -0.1) is 0 Å². The number of hydrogen-bond acceptors (Lipinski definition) is 4. The summed E-state index contributed by atoms with van der Waals surface area (Å²) >= 11 is 0. The number of aliphatic hydroxyl groups excluding tert-OH is 3. The number of carbonyl (C=O) groups is 1. The van der Waals surface area contributed by atoms with Gasteiger partial charge in [0.2, 0.25) is 5.91 Å². The third kappa shape index (κ3) is 34.4. The predicted molar refractivity (Wildman–Crippen MR) is 208 cm³/mol. The summed E-state index contributed by atoms with van der Waals surface area (Å²) in [5.41, 5.74) is 0. The van der Waals surface area contributed by atoms with Crippen molar-refractivity contribution < 1.29 is 20.1 Å². The minimum absolute atomic E-state index is 0.00474. The fourth-order valence-corrected chi connectivity index (χ4v) is 6.19. The summed E-state index contributed by atoms with van der Waals surface area (Å²) in [5, 5.41) is 33.1. The highest BCUT2D eigenvalue weighted by atomic mass is 16.3. The molecule has 0 aliphatic carbocycles. The molecule has 1 amide bonds. The van der Waals surface area contributed by atoms with E-state index < -0.39 is 18.2 Å². The van der Waals surface area contributed by atoms with Crippen molar-refractivity contribution in [3.63, 3.8) is 0 Å². The van der Waals surface area contributed by atoms with E-state index in [1.807, 2.05) is 6.08 Å². The molecule has 0 saturated carbocycles. The predicted octanol–water partition coefficient (Wildman–Crippen LogP) is 11.6. The topological polar surface area (TPSA) is 89.8 Å². The molecule has 0 radical (unpaired) electrons. The quantitative estimate of drug-likeness (QED) is 0.0390. The molecule has 0 aromatic rings. The van der Waals surface area contributed by atoms with Gasteiger partial charge in [-0.2, -0.15) is 0 Å². The number of nitrogens with one attached hydrogen (secondary N) is 1. The molecule has 48 heavy (non-hydrogen) atoms. The smallest absolute Gasteiger partial charge is 0.222 e. The van der Waals surface area contributed by atoms with E-state index in [4.69, 9.17) is 0 Å². The third-order valence-corrected chi connectivity index (χ3v) is 9.41. The van der Waals surface area contributed by atoms with Gasteiger partial charge in [0.1, 0.15) is 0 Å². The van der Waals surface area contributed by atoms with E-state index in [9.17, 15) is 20.1 Å². The number of carbonyl (C=O) groups excluding carboxylic acids is 1. The van der Waals surface area contributed by atoms with Crippen LogP contribution in [0.4, 0.5) is 0 Å². The molecule has 0 aliphatic heterocycles. The lowest BCUT2D eigenvalue weighted by Crippen LogP contribution is -2.45. The second-order valence-electron chi connectivity index (χ2n) is 14.2. The maximum atomic E-state index is 12.4. The molecule has 4 N–H and O–H groups in total. The highest BCUT2D eigenvalue weighted by Gasteiger charge is 2.20. The van der Waals surface area contributed by atoms with Crippen molar-refractivity contribution in [3.05, 3.63) is 36.5 Å². The van der Waals surface area contributed by atoms with Crippen molar-refractivity contribution in [1.82, 2.24) is 5.32 Å². The SMILES string of the molecule is CCCCCCCCC/C=C/CC/C=C/CC/C=C/C(O)C(CO)NC(=O)CC(O)CCCCCCCCCCCCCCCCCC. The summed E-state index contributed by atoms with van der Waals surface area (Å²) in [6, 6.07) is -0.764. The molecule has 0 aromatic heterocycles. The van der Waals surface area contributed by atoms with Gasteiger partial charge in [0.25, 0.3) is 0 Å². The Hall–Kier alpha value is -1.43. The van der Waals surface area contributed by atoms with Crippen molar-refractivity contribution in [2.24, 2.45) is 0 Å². The fourth-order valence-electron chi connectivity index (χ4n) is 6.19. The van der Waals surface area contributed by atoms with Crippen molar-refractivity contribution in [1.29, 1.82) is 0 Å². The van der Waals surface area contributed by atoms with Crippen LogP contribution in [0.2, 0.25) is 0 Å². The Morgan fingerprint density at radius 1 is 0.521 bits per heavy atom. The summed E-state index contributed by atoms with van der Waals surface area (Å²) in [6.45, 7) is 4.19. The number of hydrogen-bond donors (Lipinski definition) is 4. The van der Waals surface area contributed by atoms with E-state index in [0.29, 0.717) is 6.42 Å². The Bertz CT molecular complexity index is 749. The van der Waals surface area contributed by atoms with Gasteiger partial charge in [-0.25, -0.2) is 0 Å². The summed E-state index contributed by atoms with van der Waals surface area (Å²) < 4.78 is 0. The zero-order valence-electron chi connectivity index (χ0n) is 31.9. The lowest BCUT2D eigenvalue weighted by molar-refractivity contribution is -0.124. The Morgan fingerprint density at radius 2 is 0.896 bits per heavy atom. The summed E-state index contributed by atoms with van der Waals surface area (Å²) in [4.78, 5) is 12.4. The standard InChI is InChI=1S/C43H81NO4/c1-3-5-7-9-11-13-15-17-19-21-23-25-27-29-31-33-35-37-42(47)41(39-45)44-43(48)38-40(46)36-34-32-30-28-26-24-22-20-18-16-14-12-10-8-6-4-2/h19,21,27,29,35,37,40-42,45-47H,3-18,20,22-26,28,30-34,36,38-39H2,1-2H3,(H,44,48)/b21-19+,29-27+,37-35+. The third-order valence-electron chi connectivity index (χ3n) is 9.41. The molecule has 5 nitrogen and oxygen atoms in total. The second-order valence-corrected chi connectivity index (χ2v) is 14.2. The van der Waals surface area contributed by atoms with E-state index in [-0.39, 0.29) is 18.9 Å². The summed E-state index contributed by atoms with van der Waals surface area (Å²) in [5.74, 6) is -0.329. The van der Waals surface area contributed by atoms with Crippen LogP contribution in [0.15, 0.2) is 36.5 Å². The van der Waals surface area contributed by atoms with Gasteiger partial charge >= 0.3 is 0 Å². The van der Waals surface area contributed by atoms with Crippen LogP contribution in [-0.4, -0.2) is 46.1 Å². The number of allylic oxidation sites excluding steroid dienone is 5. The van der Waals surface area contributed by atoms with Gasteiger partial charge in [-0.3, -0.25) is 4.79 Å². The van der Waals surface area contributed by atoms with Gasteiger partial charge in [0.05, 0.1) is 31.3 Å². The zero-order valence-corrected chi connectivity index (χ0v) is 31.9. The van der Waals surface area contributed by atoms with Crippen molar-refractivity contribution >= 4 is 5.91 Å². The van der Waals surface area contributed by atoms with Crippen molar-refractivity contribution in [3.8, 4) is 0 Å². The number of rotatable bonds is 37. The molecule has 0 bridgehead atoms. The minimum Gasteiger partial charge on any atom is -0.394 e. The lowest BCUT2D eigenvalue weighted by atomic mass is 10.0. The number of amides is 1. The van der Waals surface area contributed by atoms with E-state index in [1.54, 1.807) is 6.08 Å². The molecule has 0 saturated heterocycles. The Balaban J connectivity index is 3.75. The molecule has 0 rings (SSSR count). The second kappa shape index (κ2) is 38.4. The largest absolute Gasteiger partial charge is 0.394 e. The summed E-state index contributed by atoms with van der Waals surface area (Å²) in [7, 11) is 0. The summed E-state index contributed by atoms with van der Waals surface area (Å²) in [6.07, 6.45) is 47.0.